The second-order valence-corrected chi connectivity index (χ2v) is 10.2. The van der Waals surface area contributed by atoms with Gasteiger partial charge in [0.1, 0.15) is 0 Å². The topological polar surface area (TPSA) is 9.23 Å². The van der Waals surface area contributed by atoms with Gasteiger partial charge in [-0.2, -0.15) is 0 Å². The van der Waals surface area contributed by atoms with Gasteiger partial charge in [-0.15, -0.1) is 0 Å². The largest absolute Gasteiger partial charge is 0.414 e. The molecule has 17 heavy (non-hydrogen) atoms. The van der Waals surface area contributed by atoms with Crippen LogP contribution in [0.5, 0.6) is 0 Å². The Morgan fingerprint density at radius 2 is 1.71 bits per heavy atom. The van der Waals surface area contributed by atoms with Gasteiger partial charge in [0.25, 0.3) is 0 Å². The highest BCUT2D eigenvalue weighted by molar-refractivity contribution is 14.1. The summed E-state index contributed by atoms with van der Waals surface area (Å²) < 4.78 is 8.69. The highest BCUT2D eigenvalue weighted by atomic mass is 127. The maximum Gasteiger partial charge on any atom is 0.192 e. The van der Waals surface area contributed by atoms with E-state index in [0.717, 1.165) is 6.42 Å². The average molecular weight is 368 g/mol. The molecular weight excluding hydrogens is 339 g/mol. The van der Waals surface area contributed by atoms with Gasteiger partial charge < -0.3 is 4.43 Å². The minimum absolute atomic E-state index is 0.465. The molecule has 1 atom stereocenters. The van der Waals surface area contributed by atoms with E-state index in [1.54, 1.807) is 0 Å². The van der Waals surface area contributed by atoms with Crippen molar-refractivity contribution < 1.29 is 4.43 Å². The molecule has 0 unspecified atom stereocenters. The highest BCUT2D eigenvalue weighted by Crippen LogP contribution is 2.26. The molecule has 0 aliphatic rings. The van der Waals surface area contributed by atoms with E-state index in [2.05, 4.69) is 60.4 Å². The van der Waals surface area contributed by atoms with Gasteiger partial charge in [-0.25, -0.2) is 0 Å². The Morgan fingerprint density at radius 1 is 1.12 bits per heavy atom. The summed E-state index contributed by atoms with van der Waals surface area (Å²) in [6.45, 7) is 9.19. The number of unbranched alkanes of at least 4 members (excludes halogenated alkanes) is 1. The molecule has 0 aromatic carbocycles. The molecule has 0 fully saturated rings. The Hall–Kier alpha value is 0.647. The first-order valence-corrected chi connectivity index (χ1v) is 10.9. The van der Waals surface area contributed by atoms with Crippen molar-refractivity contribution in [3.8, 4) is 0 Å². The molecular formula is C14H29IOSi. The lowest BCUT2D eigenvalue weighted by atomic mass is 10.1. The zero-order valence-electron chi connectivity index (χ0n) is 12.0. The van der Waals surface area contributed by atoms with Crippen LogP contribution in [0.3, 0.4) is 0 Å². The Balaban J connectivity index is 4.45. The number of halogens is 1. The van der Waals surface area contributed by atoms with Crippen LogP contribution < -0.4 is 0 Å². The minimum atomic E-state index is -1.42. The van der Waals surface area contributed by atoms with E-state index < -0.39 is 8.32 Å². The smallest absolute Gasteiger partial charge is 0.192 e. The van der Waals surface area contributed by atoms with Crippen LogP contribution in [0, 0.1) is 0 Å². The van der Waals surface area contributed by atoms with Crippen molar-refractivity contribution in [2.24, 2.45) is 0 Å². The molecule has 0 aliphatic carbocycles. The number of hydrogen-bond donors (Lipinski definition) is 0. The van der Waals surface area contributed by atoms with Gasteiger partial charge in [0.05, 0.1) is 0 Å². The van der Waals surface area contributed by atoms with Gasteiger partial charge in [0, 0.05) is 6.10 Å². The molecule has 0 radical (unpaired) electrons. The normalized spacial score (nSPS) is 14.4. The summed E-state index contributed by atoms with van der Waals surface area (Å²) in [5.74, 6) is 0. The molecule has 3 heteroatoms. The van der Waals surface area contributed by atoms with Gasteiger partial charge in [0.2, 0.25) is 0 Å². The fourth-order valence-electron chi connectivity index (χ4n) is 2.21. The van der Waals surface area contributed by atoms with Gasteiger partial charge in [-0.1, -0.05) is 69.2 Å². The molecule has 0 aromatic rings. The Labute approximate surface area is 123 Å². The van der Waals surface area contributed by atoms with Crippen molar-refractivity contribution in [2.45, 2.75) is 77.6 Å². The van der Waals surface area contributed by atoms with Crippen LogP contribution in [-0.4, -0.2) is 14.4 Å². The maximum atomic E-state index is 6.57. The van der Waals surface area contributed by atoms with E-state index in [9.17, 15) is 0 Å². The third kappa shape index (κ3) is 6.96. The quantitative estimate of drug-likeness (QED) is 0.344. The van der Waals surface area contributed by atoms with Crippen molar-refractivity contribution in [3.63, 3.8) is 0 Å². The van der Waals surface area contributed by atoms with E-state index in [4.69, 9.17) is 4.43 Å². The summed E-state index contributed by atoms with van der Waals surface area (Å²) in [5.41, 5.74) is 0. The summed E-state index contributed by atoms with van der Waals surface area (Å²) in [6.07, 6.45) is 7.60. The standard InChI is InChI=1S/C14H29IOSi/c1-5-9-11-14(12-10-13-15)16-17(6-2,7-3)8-4/h10,13-14H,5-9,11-12H2,1-4H3/t14-/m0/s1. The fraction of sp³-hybridized carbons (Fsp3) is 0.857. The SMILES string of the molecule is CCCC[C@@H](CC=CI)O[Si](CC)(CC)CC. The minimum Gasteiger partial charge on any atom is -0.414 e. The number of rotatable bonds is 10. The van der Waals surface area contributed by atoms with Crippen LogP contribution >= 0.6 is 22.6 Å². The molecule has 0 aliphatic heterocycles. The molecule has 0 heterocycles. The molecule has 0 N–H and O–H groups in total. The fourth-order valence-corrected chi connectivity index (χ4v) is 5.43. The molecule has 0 saturated carbocycles. The first-order chi connectivity index (χ1) is 8.17. The predicted octanol–water partition coefficient (Wildman–Crippen LogP) is 5.91. The molecule has 0 rings (SSSR count). The van der Waals surface area contributed by atoms with E-state index in [1.807, 2.05) is 0 Å². The van der Waals surface area contributed by atoms with Crippen molar-refractivity contribution in [2.75, 3.05) is 0 Å². The molecule has 102 valence electrons. The average Bonchev–Trinajstić information content (AvgIpc) is 2.38. The summed E-state index contributed by atoms with van der Waals surface area (Å²) >= 11 is 2.30. The monoisotopic (exact) mass is 368 g/mol. The predicted molar refractivity (Wildman–Crippen MR) is 89.4 cm³/mol. The summed E-state index contributed by atoms with van der Waals surface area (Å²) in [5, 5.41) is 0. The molecule has 0 amide bonds. The van der Waals surface area contributed by atoms with Crippen molar-refractivity contribution >= 4 is 30.9 Å². The summed E-state index contributed by atoms with van der Waals surface area (Å²) in [7, 11) is -1.42. The molecule has 0 aromatic heterocycles. The van der Waals surface area contributed by atoms with Gasteiger partial charge in [-0.05, 0) is 35.1 Å². The Kier molecular flexibility index (Phi) is 11.0. The zero-order valence-corrected chi connectivity index (χ0v) is 15.1. The van der Waals surface area contributed by atoms with Crippen LogP contribution in [0.25, 0.3) is 0 Å². The van der Waals surface area contributed by atoms with Gasteiger partial charge in [-0.3, -0.25) is 0 Å². The van der Waals surface area contributed by atoms with Crippen LogP contribution in [-0.2, 0) is 4.43 Å². The molecule has 0 saturated heterocycles. The molecule has 0 bridgehead atoms. The van der Waals surface area contributed by atoms with Crippen LogP contribution in [0.15, 0.2) is 10.2 Å². The van der Waals surface area contributed by atoms with Crippen molar-refractivity contribution in [1.29, 1.82) is 0 Å². The molecule has 0 spiro atoms. The lowest BCUT2D eigenvalue weighted by Gasteiger charge is -2.33. The third-order valence-electron chi connectivity index (χ3n) is 3.72. The summed E-state index contributed by atoms with van der Waals surface area (Å²) in [4.78, 5) is 0. The first-order valence-electron chi connectivity index (χ1n) is 7.11. The lowest BCUT2D eigenvalue weighted by Crippen LogP contribution is -2.39. The van der Waals surface area contributed by atoms with Crippen LogP contribution in [0.1, 0.15) is 53.4 Å². The summed E-state index contributed by atoms with van der Waals surface area (Å²) in [6, 6.07) is 3.78. The van der Waals surface area contributed by atoms with E-state index in [-0.39, 0.29) is 0 Å². The Bertz CT molecular complexity index is 194. The first kappa shape index (κ1) is 17.6. The molecule has 1 nitrogen and oxygen atoms in total. The van der Waals surface area contributed by atoms with E-state index in [1.165, 1.54) is 37.4 Å². The van der Waals surface area contributed by atoms with Crippen molar-refractivity contribution in [1.82, 2.24) is 0 Å². The third-order valence-corrected chi connectivity index (χ3v) is 8.93. The van der Waals surface area contributed by atoms with Gasteiger partial charge in [0.15, 0.2) is 8.32 Å². The van der Waals surface area contributed by atoms with Crippen molar-refractivity contribution in [3.05, 3.63) is 10.2 Å². The second kappa shape index (κ2) is 10.6. The number of hydrogen-bond acceptors (Lipinski definition) is 1. The zero-order chi connectivity index (χ0) is 13.1. The van der Waals surface area contributed by atoms with Gasteiger partial charge >= 0.3 is 0 Å². The van der Waals surface area contributed by atoms with E-state index >= 15 is 0 Å². The van der Waals surface area contributed by atoms with Crippen LogP contribution in [0.2, 0.25) is 18.1 Å². The van der Waals surface area contributed by atoms with E-state index in [0.29, 0.717) is 6.10 Å². The Morgan fingerprint density at radius 3 is 2.12 bits per heavy atom. The lowest BCUT2D eigenvalue weighted by molar-refractivity contribution is 0.176. The maximum absolute atomic E-state index is 6.57. The van der Waals surface area contributed by atoms with Crippen LogP contribution in [0.4, 0.5) is 0 Å². The second-order valence-electron chi connectivity index (χ2n) is 4.72. The highest BCUT2D eigenvalue weighted by Gasteiger charge is 2.31.